The van der Waals surface area contributed by atoms with Gasteiger partial charge in [-0.2, -0.15) is 0 Å². The van der Waals surface area contributed by atoms with Crippen molar-refractivity contribution in [2.24, 2.45) is 0 Å². The van der Waals surface area contributed by atoms with Crippen molar-refractivity contribution >= 4 is 23.6 Å². The first-order valence-electron chi connectivity index (χ1n) is 6.57. The lowest BCUT2D eigenvalue weighted by atomic mass is 10.2. The molecule has 3 amide bonds. The molecule has 0 aliphatic rings. The van der Waals surface area contributed by atoms with Crippen molar-refractivity contribution in [3.05, 3.63) is 30.3 Å². The van der Waals surface area contributed by atoms with Crippen LogP contribution in [0, 0.1) is 0 Å². The largest absolute Gasteiger partial charge is 0.481 e. The monoisotopic (exact) mass is 293 g/mol. The first kappa shape index (κ1) is 16.5. The molecule has 1 aromatic rings. The van der Waals surface area contributed by atoms with Crippen molar-refractivity contribution in [3.63, 3.8) is 0 Å². The van der Waals surface area contributed by atoms with Crippen LogP contribution in [-0.4, -0.2) is 43.2 Å². The zero-order valence-electron chi connectivity index (χ0n) is 11.8. The van der Waals surface area contributed by atoms with E-state index >= 15 is 0 Å². The van der Waals surface area contributed by atoms with Gasteiger partial charge in [-0.05, 0) is 12.1 Å². The van der Waals surface area contributed by atoms with Crippen LogP contribution in [0.15, 0.2) is 30.3 Å². The van der Waals surface area contributed by atoms with Crippen molar-refractivity contribution in [3.8, 4) is 0 Å². The number of hydrogen-bond donors (Lipinski definition) is 3. The Morgan fingerprint density at radius 2 is 1.81 bits per heavy atom. The maximum absolute atomic E-state index is 12.1. The molecular formula is C14H19N3O4. The summed E-state index contributed by atoms with van der Waals surface area (Å²) in [5, 5.41) is 13.8. The molecule has 7 nitrogen and oxygen atoms in total. The Hall–Kier alpha value is -2.57. The van der Waals surface area contributed by atoms with E-state index in [1.54, 1.807) is 24.3 Å². The summed E-state index contributed by atoms with van der Waals surface area (Å²) in [7, 11) is 1.52. The predicted octanol–water partition coefficient (Wildman–Crippen LogP) is 0.813. The van der Waals surface area contributed by atoms with Gasteiger partial charge in [0.2, 0.25) is 5.91 Å². The Labute approximate surface area is 122 Å². The molecule has 0 unspecified atom stereocenters. The molecule has 0 bridgehead atoms. The molecule has 0 aromatic heterocycles. The van der Waals surface area contributed by atoms with Gasteiger partial charge in [0, 0.05) is 32.2 Å². The van der Waals surface area contributed by atoms with Crippen LogP contribution in [0.5, 0.6) is 0 Å². The van der Waals surface area contributed by atoms with Crippen LogP contribution in [0.25, 0.3) is 0 Å². The second kappa shape index (κ2) is 8.57. The van der Waals surface area contributed by atoms with Crippen LogP contribution >= 0.6 is 0 Å². The number of rotatable bonds is 7. The molecule has 1 aromatic carbocycles. The third-order valence-corrected chi connectivity index (χ3v) is 2.77. The van der Waals surface area contributed by atoms with E-state index in [0.29, 0.717) is 5.69 Å². The van der Waals surface area contributed by atoms with E-state index in [-0.39, 0.29) is 31.8 Å². The minimum absolute atomic E-state index is 0.0607. The van der Waals surface area contributed by atoms with Gasteiger partial charge in [0.1, 0.15) is 0 Å². The lowest BCUT2D eigenvalue weighted by Gasteiger charge is -2.22. The molecule has 0 saturated heterocycles. The van der Waals surface area contributed by atoms with Gasteiger partial charge in [-0.15, -0.1) is 0 Å². The molecule has 0 fully saturated rings. The van der Waals surface area contributed by atoms with E-state index in [1.807, 2.05) is 6.07 Å². The molecule has 0 saturated carbocycles. The van der Waals surface area contributed by atoms with Crippen molar-refractivity contribution in [2.75, 3.05) is 25.0 Å². The van der Waals surface area contributed by atoms with Gasteiger partial charge in [0.05, 0.1) is 6.42 Å². The predicted molar refractivity (Wildman–Crippen MR) is 78.1 cm³/mol. The standard InChI is InChI=1S/C14H19N3O4/c1-15-12(18)7-9-16-14(21)17(10-8-13(19)20)11-5-3-2-4-6-11/h2-6H,7-10H2,1H3,(H,15,18)(H,16,21)(H,19,20). The van der Waals surface area contributed by atoms with E-state index < -0.39 is 12.0 Å². The molecule has 0 radical (unpaired) electrons. The van der Waals surface area contributed by atoms with Crippen LogP contribution in [0.1, 0.15) is 12.8 Å². The van der Waals surface area contributed by atoms with Crippen molar-refractivity contribution in [1.82, 2.24) is 10.6 Å². The summed E-state index contributed by atoms with van der Waals surface area (Å²) >= 11 is 0. The zero-order chi connectivity index (χ0) is 15.7. The fourth-order valence-corrected chi connectivity index (χ4v) is 1.67. The number of nitrogens with zero attached hydrogens (tertiary/aromatic N) is 1. The topological polar surface area (TPSA) is 98.7 Å². The average molecular weight is 293 g/mol. The van der Waals surface area contributed by atoms with E-state index in [0.717, 1.165) is 0 Å². The smallest absolute Gasteiger partial charge is 0.321 e. The number of carboxylic acids is 1. The summed E-state index contributed by atoms with van der Waals surface area (Å²) in [6, 6.07) is 8.36. The Balaban J connectivity index is 2.65. The SMILES string of the molecule is CNC(=O)CCNC(=O)N(CCC(=O)O)c1ccccc1. The second-order valence-corrected chi connectivity index (χ2v) is 4.29. The van der Waals surface area contributed by atoms with Gasteiger partial charge in [-0.25, -0.2) is 4.79 Å². The molecule has 0 heterocycles. The molecule has 21 heavy (non-hydrogen) atoms. The molecule has 0 aliphatic heterocycles. The molecule has 3 N–H and O–H groups in total. The summed E-state index contributed by atoms with van der Waals surface area (Å²) in [6.45, 7) is 0.250. The lowest BCUT2D eigenvalue weighted by molar-refractivity contribution is -0.136. The van der Waals surface area contributed by atoms with Gasteiger partial charge < -0.3 is 15.7 Å². The second-order valence-electron chi connectivity index (χ2n) is 4.29. The van der Waals surface area contributed by atoms with Crippen LogP contribution in [0.3, 0.4) is 0 Å². The van der Waals surface area contributed by atoms with Gasteiger partial charge in [0.25, 0.3) is 0 Å². The number of anilines is 1. The molecule has 1 rings (SSSR count). The number of carbonyl (C=O) groups is 3. The van der Waals surface area contributed by atoms with E-state index in [9.17, 15) is 14.4 Å². The van der Waals surface area contributed by atoms with Crippen molar-refractivity contribution in [1.29, 1.82) is 0 Å². The summed E-state index contributed by atoms with van der Waals surface area (Å²) in [5.74, 6) is -1.15. The molecule has 114 valence electrons. The maximum Gasteiger partial charge on any atom is 0.321 e. The highest BCUT2D eigenvalue weighted by Gasteiger charge is 2.16. The van der Waals surface area contributed by atoms with Crippen molar-refractivity contribution < 1.29 is 19.5 Å². The molecule has 0 aliphatic carbocycles. The molecule has 0 atom stereocenters. The first-order valence-corrected chi connectivity index (χ1v) is 6.57. The number of carbonyl (C=O) groups excluding carboxylic acids is 2. The fourth-order valence-electron chi connectivity index (χ4n) is 1.67. The Kier molecular flexibility index (Phi) is 6.73. The summed E-state index contributed by atoms with van der Waals surface area (Å²) in [4.78, 5) is 35.2. The minimum Gasteiger partial charge on any atom is -0.481 e. The van der Waals surface area contributed by atoms with Gasteiger partial charge >= 0.3 is 12.0 Å². The summed E-state index contributed by atoms with van der Waals surface area (Å²) in [5.41, 5.74) is 0.608. The number of aliphatic carboxylic acids is 1. The Morgan fingerprint density at radius 1 is 1.14 bits per heavy atom. The average Bonchev–Trinajstić information content (AvgIpc) is 2.48. The Morgan fingerprint density at radius 3 is 2.38 bits per heavy atom. The number of carboxylic acid groups (broad SMARTS) is 1. The molecule has 7 heteroatoms. The van der Waals surface area contributed by atoms with Gasteiger partial charge in [-0.1, -0.05) is 18.2 Å². The van der Waals surface area contributed by atoms with Crippen LogP contribution in [-0.2, 0) is 9.59 Å². The lowest BCUT2D eigenvalue weighted by Crippen LogP contribution is -2.42. The minimum atomic E-state index is -0.978. The highest BCUT2D eigenvalue weighted by Crippen LogP contribution is 2.13. The first-order chi connectivity index (χ1) is 10.0. The normalized spacial score (nSPS) is 9.76. The maximum atomic E-state index is 12.1. The molecular weight excluding hydrogens is 274 g/mol. The number of hydrogen-bond acceptors (Lipinski definition) is 3. The van der Waals surface area contributed by atoms with E-state index in [1.165, 1.54) is 11.9 Å². The summed E-state index contributed by atoms with van der Waals surface area (Å²) < 4.78 is 0. The highest BCUT2D eigenvalue weighted by atomic mass is 16.4. The van der Waals surface area contributed by atoms with Crippen molar-refractivity contribution in [2.45, 2.75) is 12.8 Å². The number of amides is 3. The van der Waals surface area contributed by atoms with Crippen LogP contribution in [0.2, 0.25) is 0 Å². The number of benzene rings is 1. The number of para-hydroxylation sites is 1. The van der Waals surface area contributed by atoms with Gasteiger partial charge in [-0.3, -0.25) is 14.5 Å². The Bertz CT molecular complexity index is 490. The van der Waals surface area contributed by atoms with E-state index in [2.05, 4.69) is 10.6 Å². The quantitative estimate of drug-likeness (QED) is 0.693. The number of nitrogens with one attached hydrogen (secondary N) is 2. The number of urea groups is 1. The highest BCUT2D eigenvalue weighted by molar-refractivity contribution is 5.92. The molecule has 0 spiro atoms. The van der Waals surface area contributed by atoms with E-state index in [4.69, 9.17) is 5.11 Å². The summed E-state index contributed by atoms with van der Waals surface area (Å²) in [6.07, 6.45) is 0.0154. The third kappa shape index (κ3) is 5.94. The zero-order valence-corrected chi connectivity index (χ0v) is 11.8. The van der Waals surface area contributed by atoms with Crippen LogP contribution in [0.4, 0.5) is 10.5 Å². The fraction of sp³-hybridized carbons (Fsp3) is 0.357. The van der Waals surface area contributed by atoms with Crippen LogP contribution < -0.4 is 15.5 Å². The third-order valence-electron chi connectivity index (χ3n) is 2.77. The van der Waals surface area contributed by atoms with Gasteiger partial charge in [0.15, 0.2) is 0 Å².